The smallest absolute Gasteiger partial charge is 0.242 e. The Balaban J connectivity index is 2.29. The maximum Gasteiger partial charge on any atom is 0.242 e. The molecule has 2 rings (SSSR count). The van der Waals surface area contributed by atoms with Crippen molar-refractivity contribution in [2.45, 2.75) is 17.4 Å². The van der Waals surface area contributed by atoms with Crippen molar-refractivity contribution in [1.82, 2.24) is 4.31 Å². The SMILES string of the molecule is Cc1ccc(S(=O)(=O)N(C)CC(O)(CO)c2ccccc2)cc1. The Bertz CT molecular complexity index is 744. The predicted octanol–water partition coefficient (Wildman–Crippen LogP) is 1.50. The average molecular weight is 335 g/mol. The second-order valence-corrected chi connectivity index (χ2v) is 7.67. The van der Waals surface area contributed by atoms with Crippen LogP contribution in [-0.4, -0.2) is 43.1 Å². The standard InChI is InChI=1S/C17H21NO4S/c1-14-8-10-16(11-9-14)23(21,22)18(2)12-17(20,13-19)15-6-4-3-5-7-15/h3-11,19-20H,12-13H2,1-2H3. The maximum atomic E-state index is 12.6. The fraction of sp³-hybridized carbons (Fsp3) is 0.294. The van der Waals surface area contributed by atoms with Crippen LogP contribution >= 0.6 is 0 Å². The summed E-state index contributed by atoms with van der Waals surface area (Å²) in [6.07, 6.45) is 0. The molecule has 0 bridgehead atoms. The van der Waals surface area contributed by atoms with Gasteiger partial charge in [0.1, 0.15) is 5.60 Å². The highest BCUT2D eigenvalue weighted by Gasteiger charge is 2.34. The molecule has 124 valence electrons. The molecular weight excluding hydrogens is 314 g/mol. The van der Waals surface area contributed by atoms with E-state index in [0.717, 1.165) is 9.87 Å². The number of hydrogen-bond donors (Lipinski definition) is 2. The molecule has 0 aliphatic rings. The van der Waals surface area contributed by atoms with Crippen LogP contribution in [-0.2, 0) is 15.6 Å². The molecule has 0 radical (unpaired) electrons. The Kier molecular flexibility index (Phi) is 5.21. The van der Waals surface area contributed by atoms with Crippen molar-refractivity contribution < 1.29 is 18.6 Å². The monoisotopic (exact) mass is 335 g/mol. The zero-order chi connectivity index (χ0) is 17.1. The van der Waals surface area contributed by atoms with Gasteiger partial charge in [-0.1, -0.05) is 48.0 Å². The first-order valence-electron chi connectivity index (χ1n) is 7.21. The molecule has 1 unspecified atom stereocenters. The first-order chi connectivity index (χ1) is 10.8. The lowest BCUT2D eigenvalue weighted by molar-refractivity contribution is -0.0287. The lowest BCUT2D eigenvalue weighted by atomic mass is 9.95. The first kappa shape index (κ1) is 17.6. The summed E-state index contributed by atoms with van der Waals surface area (Å²) in [5.41, 5.74) is -0.232. The molecule has 0 aliphatic heterocycles. The first-order valence-corrected chi connectivity index (χ1v) is 8.65. The summed E-state index contributed by atoms with van der Waals surface area (Å²) in [6, 6.07) is 15.0. The molecule has 2 aromatic rings. The summed E-state index contributed by atoms with van der Waals surface area (Å²) < 4.78 is 26.3. The van der Waals surface area contributed by atoms with Gasteiger partial charge in [-0.05, 0) is 24.6 Å². The van der Waals surface area contributed by atoms with E-state index >= 15 is 0 Å². The number of benzene rings is 2. The van der Waals surface area contributed by atoms with E-state index in [1.807, 2.05) is 6.92 Å². The number of nitrogens with zero attached hydrogens (tertiary/aromatic N) is 1. The number of aliphatic hydroxyl groups excluding tert-OH is 1. The molecule has 0 saturated carbocycles. The molecule has 5 nitrogen and oxygen atoms in total. The Labute approximate surface area is 136 Å². The fourth-order valence-electron chi connectivity index (χ4n) is 2.32. The highest BCUT2D eigenvalue weighted by molar-refractivity contribution is 7.89. The van der Waals surface area contributed by atoms with Gasteiger partial charge >= 0.3 is 0 Å². The van der Waals surface area contributed by atoms with Crippen molar-refractivity contribution in [1.29, 1.82) is 0 Å². The van der Waals surface area contributed by atoms with Crippen LogP contribution in [0.1, 0.15) is 11.1 Å². The zero-order valence-corrected chi connectivity index (χ0v) is 14.0. The zero-order valence-electron chi connectivity index (χ0n) is 13.2. The summed E-state index contributed by atoms with van der Waals surface area (Å²) >= 11 is 0. The van der Waals surface area contributed by atoms with Gasteiger partial charge in [-0.3, -0.25) is 0 Å². The number of sulfonamides is 1. The largest absolute Gasteiger partial charge is 0.393 e. The Morgan fingerprint density at radius 2 is 1.61 bits per heavy atom. The number of likely N-dealkylation sites (N-methyl/N-ethyl adjacent to an activating group) is 1. The summed E-state index contributed by atoms with van der Waals surface area (Å²) in [4.78, 5) is 0.152. The number of rotatable bonds is 6. The van der Waals surface area contributed by atoms with E-state index in [1.54, 1.807) is 42.5 Å². The Hall–Kier alpha value is -1.73. The molecular formula is C17H21NO4S. The van der Waals surface area contributed by atoms with Gasteiger partial charge in [0.15, 0.2) is 0 Å². The van der Waals surface area contributed by atoms with Crippen molar-refractivity contribution in [3.8, 4) is 0 Å². The summed E-state index contributed by atoms with van der Waals surface area (Å²) in [5.74, 6) is 0. The normalized spacial score (nSPS) is 14.7. The van der Waals surface area contributed by atoms with Gasteiger partial charge in [0.25, 0.3) is 0 Å². The van der Waals surface area contributed by atoms with Crippen molar-refractivity contribution in [3.63, 3.8) is 0 Å². The molecule has 6 heteroatoms. The van der Waals surface area contributed by atoms with Crippen molar-refractivity contribution in [2.24, 2.45) is 0 Å². The minimum absolute atomic E-state index is 0.152. The van der Waals surface area contributed by atoms with Gasteiger partial charge in [-0.2, -0.15) is 4.31 Å². The van der Waals surface area contributed by atoms with Crippen LogP contribution in [0.5, 0.6) is 0 Å². The molecule has 2 N–H and O–H groups in total. The Morgan fingerprint density at radius 3 is 2.13 bits per heavy atom. The van der Waals surface area contributed by atoms with Gasteiger partial charge in [-0.25, -0.2) is 8.42 Å². The summed E-state index contributed by atoms with van der Waals surface area (Å²) in [5, 5.41) is 20.2. The molecule has 1 atom stereocenters. The number of aliphatic hydroxyl groups is 2. The maximum absolute atomic E-state index is 12.6. The van der Waals surface area contributed by atoms with Gasteiger partial charge in [0, 0.05) is 13.6 Å². The molecule has 0 aliphatic carbocycles. The second-order valence-electron chi connectivity index (χ2n) is 5.63. The number of aryl methyl sites for hydroxylation is 1. The van der Waals surface area contributed by atoms with E-state index in [9.17, 15) is 18.6 Å². The van der Waals surface area contributed by atoms with Gasteiger partial charge in [-0.15, -0.1) is 0 Å². The van der Waals surface area contributed by atoms with Crippen molar-refractivity contribution >= 4 is 10.0 Å². The van der Waals surface area contributed by atoms with Gasteiger partial charge in [0.05, 0.1) is 11.5 Å². The topological polar surface area (TPSA) is 77.8 Å². The van der Waals surface area contributed by atoms with Crippen LogP contribution in [0.4, 0.5) is 0 Å². The minimum Gasteiger partial charge on any atom is -0.393 e. The van der Waals surface area contributed by atoms with Crippen molar-refractivity contribution in [3.05, 3.63) is 65.7 Å². The predicted molar refractivity (Wildman–Crippen MR) is 88.4 cm³/mol. The molecule has 0 aromatic heterocycles. The van der Waals surface area contributed by atoms with Crippen LogP contribution in [0, 0.1) is 6.92 Å². The van der Waals surface area contributed by atoms with E-state index in [2.05, 4.69) is 0 Å². The van der Waals surface area contributed by atoms with E-state index < -0.39 is 22.2 Å². The minimum atomic E-state index is -3.74. The van der Waals surface area contributed by atoms with E-state index in [4.69, 9.17) is 0 Å². The van der Waals surface area contributed by atoms with Gasteiger partial charge < -0.3 is 10.2 Å². The highest BCUT2D eigenvalue weighted by atomic mass is 32.2. The molecule has 0 amide bonds. The molecule has 2 aromatic carbocycles. The number of hydrogen-bond acceptors (Lipinski definition) is 4. The lowest BCUT2D eigenvalue weighted by Gasteiger charge is -2.31. The van der Waals surface area contributed by atoms with Gasteiger partial charge in [0.2, 0.25) is 10.0 Å². The van der Waals surface area contributed by atoms with E-state index in [1.165, 1.54) is 19.2 Å². The van der Waals surface area contributed by atoms with Crippen LogP contribution in [0.2, 0.25) is 0 Å². The average Bonchev–Trinajstić information content (AvgIpc) is 2.56. The molecule has 0 saturated heterocycles. The van der Waals surface area contributed by atoms with Crippen LogP contribution in [0.15, 0.2) is 59.5 Å². The van der Waals surface area contributed by atoms with Crippen LogP contribution < -0.4 is 0 Å². The fourth-order valence-corrected chi connectivity index (χ4v) is 3.55. The molecule has 23 heavy (non-hydrogen) atoms. The Morgan fingerprint density at radius 1 is 1.04 bits per heavy atom. The third kappa shape index (κ3) is 3.79. The van der Waals surface area contributed by atoms with Crippen LogP contribution in [0.3, 0.4) is 0 Å². The van der Waals surface area contributed by atoms with E-state index in [0.29, 0.717) is 5.56 Å². The molecule has 0 spiro atoms. The highest BCUT2D eigenvalue weighted by Crippen LogP contribution is 2.24. The molecule has 0 fully saturated rings. The summed E-state index contributed by atoms with van der Waals surface area (Å²) in [7, 11) is -2.36. The van der Waals surface area contributed by atoms with Crippen molar-refractivity contribution in [2.75, 3.05) is 20.2 Å². The lowest BCUT2D eigenvalue weighted by Crippen LogP contribution is -2.44. The third-order valence-electron chi connectivity index (χ3n) is 3.79. The third-order valence-corrected chi connectivity index (χ3v) is 5.60. The van der Waals surface area contributed by atoms with Crippen LogP contribution in [0.25, 0.3) is 0 Å². The van der Waals surface area contributed by atoms with E-state index in [-0.39, 0.29) is 11.4 Å². The second kappa shape index (κ2) is 6.80. The summed E-state index contributed by atoms with van der Waals surface area (Å²) in [6.45, 7) is 1.05. The quantitative estimate of drug-likeness (QED) is 0.838. The molecule has 0 heterocycles.